The third kappa shape index (κ3) is 5.62. The molecule has 0 spiro atoms. The molecule has 0 unspecified atom stereocenters. The molecule has 0 bridgehead atoms. The summed E-state index contributed by atoms with van der Waals surface area (Å²) in [5.74, 6) is -2.98. The fraction of sp³-hybridized carbons (Fsp3) is 0.214. The summed E-state index contributed by atoms with van der Waals surface area (Å²) >= 11 is 5.88. The number of hydrogen-bond acceptors (Lipinski definition) is 5. The molecule has 3 N–H and O–H groups in total. The predicted octanol–water partition coefficient (Wildman–Crippen LogP) is 5.76. The smallest absolute Gasteiger partial charge is 0.418 e. The van der Waals surface area contributed by atoms with Gasteiger partial charge in [0.25, 0.3) is 11.8 Å². The Morgan fingerprint density at radius 3 is 2.60 bits per heavy atom. The van der Waals surface area contributed by atoms with E-state index in [0.717, 1.165) is 29.8 Å². The minimum absolute atomic E-state index is 0.0155. The number of ether oxygens (including phenoxy) is 1. The second kappa shape index (κ2) is 11.0. The van der Waals surface area contributed by atoms with Crippen LogP contribution in [0.1, 0.15) is 45.3 Å². The van der Waals surface area contributed by atoms with Crippen LogP contribution in [-0.2, 0) is 6.42 Å². The molecule has 0 saturated heterocycles. The molecule has 12 heteroatoms. The van der Waals surface area contributed by atoms with Crippen LogP contribution in [0.15, 0.2) is 59.3 Å². The molecule has 0 saturated carbocycles. The number of carbonyl (C=O) groups is 2. The molecule has 2 aromatic carbocycles. The van der Waals surface area contributed by atoms with Crippen LogP contribution >= 0.6 is 11.6 Å². The second-order valence-corrected chi connectivity index (χ2v) is 9.52. The summed E-state index contributed by atoms with van der Waals surface area (Å²) in [6.07, 6.45) is -3.42. The highest BCUT2D eigenvalue weighted by molar-refractivity contribution is 6.31. The number of methoxy groups -OCH3 is 1. The zero-order valence-electron chi connectivity index (χ0n) is 21.1. The number of carbonyl (C=O) groups excluding carboxylic acids is 2. The van der Waals surface area contributed by atoms with Gasteiger partial charge < -0.3 is 15.8 Å². The summed E-state index contributed by atoms with van der Waals surface area (Å²) in [4.78, 5) is 29.2. The zero-order chi connectivity index (χ0) is 29.4. The molecule has 1 aliphatic carbocycles. The van der Waals surface area contributed by atoms with Crippen LogP contribution in [0.25, 0.3) is 10.9 Å². The third-order valence-electron chi connectivity index (χ3n) is 6.64. The molecule has 0 radical (unpaired) electrons. The lowest BCUT2D eigenvalue weighted by atomic mass is 9.82. The van der Waals surface area contributed by atoms with Gasteiger partial charge in [0.05, 0.1) is 40.0 Å². The minimum Gasteiger partial charge on any atom is -0.495 e. The normalized spacial score (nSPS) is 15.4. The van der Waals surface area contributed by atoms with Crippen molar-refractivity contribution in [1.29, 1.82) is 5.26 Å². The lowest BCUT2D eigenvalue weighted by molar-refractivity contribution is -0.0904. The van der Waals surface area contributed by atoms with Crippen molar-refractivity contribution >= 4 is 34.3 Å². The van der Waals surface area contributed by atoms with Crippen molar-refractivity contribution in [3.05, 3.63) is 92.5 Å². The van der Waals surface area contributed by atoms with Crippen LogP contribution in [0, 0.1) is 23.1 Å². The number of allylic oxidation sites excluding steroid dienone is 3. The van der Waals surface area contributed by atoms with Crippen molar-refractivity contribution in [1.82, 2.24) is 10.3 Å². The molecule has 1 aliphatic rings. The van der Waals surface area contributed by atoms with E-state index in [1.54, 1.807) is 18.2 Å². The molecule has 206 valence electrons. The topological polar surface area (TPSA) is 118 Å². The van der Waals surface area contributed by atoms with E-state index in [1.807, 2.05) is 6.07 Å². The van der Waals surface area contributed by atoms with Crippen molar-refractivity contribution in [2.75, 3.05) is 7.11 Å². The Balaban J connectivity index is 1.77. The summed E-state index contributed by atoms with van der Waals surface area (Å²) in [6, 6.07) is 9.91. The highest BCUT2D eigenvalue weighted by Gasteiger charge is 2.40. The van der Waals surface area contributed by atoms with Gasteiger partial charge in [0.15, 0.2) is 0 Å². The number of halogens is 5. The Morgan fingerprint density at radius 1 is 1.25 bits per heavy atom. The lowest BCUT2D eigenvalue weighted by Crippen LogP contribution is -2.33. The first kappa shape index (κ1) is 28.6. The summed E-state index contributed by atoms with van der Waals surface area (Å²) in [7, 11) is 1.41. The fourth-order valence-corrected chi connectivity index (χ4v) is 4.73. The summed E-state index contributed by atoms with van der Waals surface area (Å²) in [5, 5.41) is 11.2. The molecular weight excluding hydrogens is 552 g/mol. The van der Waals surface area contributed by atoms with Gasteiger partial charge in [-0.1, -0.05) is 23.7 Å². The number of amides is 2. The average Bonchev–Trinajstić information content (AvgIpc) is 2.90. The molecule has 1 atom stereocenters. The van der Waals surface area contributed by atoms with Crippen LogP contribution in [0.2, 0.25) is 5.02 Å². The molecular formula is C28H21ClF4N4O3. The largest absolute Gasteiger partial charge is 0.495 e. The monoisotopic (exact) mass is 572 g/mol. The number of benzene rings is 2. The molecule has 1 aromatic heterocycles. The van der Waals surface area contributed by atoms with Crippen molar-refractivity contribution in [2.45, 2.75) is 25.9 Å². The summed E-state index contributed by atoms with van der Waals surface area (Å²) < 4.78 is 61.4. The minimum atomic E-state index is -4.78. The number of fused-ring (bicyclic) bond motifs is 1. The number of nitrogens with two attached hydrogens (primary N) is 1. The Hall–Kier alpha value is -4.43. The van der Waals surface area contributed by atoms with Gasteiger partial charge >= 0.3 is 6.18 Å². The molecule has 1 heterocycles. The fourth-order valence-electron chi connectivity index (χ4n) is 4.57. The molecule has 0 fully saturated rings. The van der Waals surface area contributed by atoms with E-state index in [1.165, 1.54) is 14.0 Å². The first-order valence-corrected chi connectivity index (χ1v) is 12.2. The maximum absolute atomic E-state index is 14.1. The maximum Gasteiger partial charge on any atom is 0.418 e. The van der Waals surface area contributed by atoms with Crippen LogP contribution in [0.3, 0.4) is 0 Å². The predicted molar refractivity (Wildman–Crippen MR) is 139 cm³/mol. The molecule has 4 rings (SSSR count). The van der Waals surface area contributed by atoms with Crippen LogP contribution in [0.4, 0.5) is 17.6 Å². The van der Waals surface area contributed by atoms with Gasteiger partial charge in [-0.2, -0.15) is 18.4 Å². The molecule has 0 aliphatic heterocycles. The zero-order valence-corrected chi connectivity index (χ0v) is 21.9. The first-order chi connectivity index (χ1) is 18.8. The summed E-state index contributed by atoms with van der Waals surface area (Å²) in [6.45, 7) is 1.49. The van der Waals surface area contributed by atoms with Gasteiger partial charge in [-0.05, 0) is 61.1 Å². The third-order valence-corrected chi connectivity index (χ3v) is 6.93. The van der Waals surface area contributed by atoms with E-state index in [2.05, 4.69) is 10.3 Å². The SMILES string of the molecule is COc1cc(C[C@@H]2CC=C(C(F)(F)F)C(NC(=O)c3cc(C(N)=O)nc4cc(F)c(Cl)cc34)=C2C)ccc1C#N. The number of primary amides is 1. The number of aromatic nitrogens is 1. The Morgan fingerprint density at radius 2 is 1.98 bits per heavy atom. The van der Waals surface area contributed by atoms with Gasteiger partial charge in [0, 0.05) is 11.5 Å². The number of hydrogen-bond donors (Lipinski definition) is 2. The quantitative estimate of drug-likeness (QED) is 0.364. The summed E-state index contributed by atoms with van der Waals surface area (Å²) in [5.41, 5.74) is 4.38. The van der Waals surface area contributed by atoms with E-state index < -0.39 is 41.0 Å². The van der Waals surface area contributed by atoms with E-state index in [4.69, 9.17) is 22.1 Å². The van der Waals surface area contributed by atoms with Gasteiger partial charge in [-0.15, -0.1) is 0 Å². The van der Waals surface area contributed by atoms with Crippen molar-refractivity contribution in [3.8, 4) is 11.8 Å². The van der Waals surface area contributed by atoms with Crippen LogP contribution in [0.5, 0.6) is 5.75 Å². The highest BCUT2D eigenvalue weighted by Crippen LogP contribution is 2.40. The van der Waals surface area contributed by atoms with Gasteiger partial charge in [0.2, 0.25) is 0 Å². The van der Waals surface area contributed by atoms with Crippen LogP contribution in [-0.4, -0.2) is 30.1 Å². The number of pyridine rings is 1. The Labute approximate surface area is 230 Å². The van der Waals surface area contributed by atoms with Crippen molar-refractivity contribution in [3.63, 3.8) is 0 Å². The molecule has 2 amide bonds. The first-order valence-electron chi connectivity index (χ1n) is 11.8. The van der Waals surface area contributed by atoms with Gasteiger partial charge in [0.1, 0.15) is 23.3 Å². The van der Waals surface area contributed by atoms with Gasteiger partial charge in [-0.25, -0.2) is 9.37 Å². The number of rotatable bonds is 6. The Bertz CT molecular complexity index is 1660. The lowest BCUT2D eigenvalue weighted by Gasteiger charge is -2.28. The van der Waals surface area contributed by atoms with E-state index in [-0.39, 0.29) is 39.2 Å². The molecule has 7 nitrogen and oxygen atoms in total. The number of nitriles is 1. The van der Waals surface area contributed by atoms with E-state index in [9.17, 15) is 32.4 Å². The standard InChI is InChI=1S/C28H21ClF4N4O3/c1-13-15(7-14-3-4-16(12-34)24(8-14)40-2)5-6-19(28(31,32)33)25(13)37-27(39)18-10-23(26(35)38)36-22-11-21(30)20(29)9-17(18)22/h3-4,6,8-11,15H,5,7H2,1-2H3,(H2,35,38)(H,37,39)/t15-/m0/s1. The van der Waals surface area contributed by atoms with E-state index >= 15 is 0 Å². The van der Waals surface area contributed by atoms with E-state index in [0.29, 0.717) is 17.7 Å². The number of alkyl halides is 3. The Kier molecular flexibility index (Phi) is 7.84. The van der Waals surface area contributed by atoms with Crippen molar-refractivity contribution in [2.24, 2.45) is 11.7 Å². The van der Waals surface area contributed by atoms with Crippen LogP contribution < -0.4 is 15.8 Å². The van der Waals surface area contributed by atoms with Gasteiger partial charge in [-0.3, -0.25) is 9.59 Å². The maximum atomic E-state index is 14.1. The molecule has 40 heavy (non-hydrogen) atoms. The highest BCUT2D eigenvalue weighted by atomic mass is 35.5. The number of nitrogens with zero attached hydrogens (tertiary/aromatic N) is 2. The van der Waals surface area contributed by atoms with Crippen molar-refractivity contribution < 1.29 is 31.9 Å². The average molecular weight is 573 g/mol. The number of nitrogens with one attached hydrogen (secondary N) is 1. The second-order valence-electron chi connectivity index (χ2n) is 9.11. The molecule has 3 aromatic rings.